The van der Waals surface area contributed by atoms with E-state index in [1.807, 2.05) is 0 Å². The molecule has 4 atom stereocenters. The van der Waals surface area contributed by atoms with Crippen LogP contribution in [0.2, 0.25) is 0 Å². The van der Waals surface area contributed by atoms with Crippen molar-refractivity contribution in [3.8, 4) is 0 Å². The number of ether oxygens (including phenoxy) is 1. The summed E-state index contributed by atoms with van der Waals surface area (Å²) in [6.45, 7) is -1.48. The van der Waals surface area contributed by atoms with Crippen LogP contribution in [0, 0.1) is 0 Å². The van der Waals surface area contributed by atoms with Crippen LogP contribution in [-0.2, 0) is 10.5 Å². The monoisotopic (exact) mass is 289 g/mol. The van der Waals surface area contributed by atoms with Crippen LogP contribution in [0.25, 0.3) is 0 Å². The van der Waals surface area contributed by atoms with Crippen LogP contribution in [0.15, 0.2) is 17.1 Å². The van der Waals surface area contributed by atoms with E-state index < -0.39 is 43.0 Å². The molecule has 2 heterocycles. The average Bonchev–Trinajstić information content (AvgIpc) is 2.65. The summed E-state index contributed by atoms with van der Waals surface area (Å²) in [6, 6.07) is 1.29. The van der Waals surface area contributed by atoms with Crippen LogP contribution < -0.4 is 11.4 Å². The third-order valence-corrected chi connectivity index (χ3v) is 3.39. The Bertz CT molecular complexity index is 539. The van der Waals surface area contributed by atoms with E-state index in [0.717, 1.165) is 4.57 Å². The summed E-state index contributed by atoms with van der Waals surface area (Å²) >= 11 is 0. The fraction of sp³-hybridized carbons (Fsp3) is 0.636. The number of hydrogen-bond donors (Lipinski definition) is 4. The Morgan fingerprint density at radius 2 is 2.25 bits per heavy atom. The number of halogens is 1. The summed E-state index contributed by atoms with van der Waals surface area (Å²) in [5.41, 5.74) is 2.70. The van der Waals surface area contributed by atoms with Crippen LogP contribution in [0.1, 0.15) is 6.42 Å². The van der Waals surface area contributed by atoms with Gasteiger partial charge in [-0.05, 0) is 6.07 Å². The summed E-state index contributed by atoms with van der Waals surface area (Å²) in [5, 5.41) is 29.0. The minimum absolute atomic E-state index is 0.0339. The van der Waals surface area contributed by atoms with Gasteiger partial charge >= 0.3 is 5.69 Å². The summed E-state index contributed by atoms with van der Waals surface area (Å²) < 4.78 is 19.1. The molecule has 0 saturated carbocycles. The second kappa shape index (κ2) is 5.44. The van der Waals surface area contributed by atoms with E-state index in [2.05, 4.69) is 4.98 Å². The first-order chi connectivity index (χ1) is 9.46. The zero-order valence-electron chi connectivity index (χ0n) is 10.5. The Morgan fingerprint density at radius 1 is 1.55 bits per heavy atom. The lowest BCUT2D eigenvalue weighted by Crippen LogP contribution is -2.51. The van der Waals surface area contributed by atoms with Crippen LogP contribution in [0.3, 0.4) is 0 Å². The number of aliphatic hydroxyl groups excluding tert-OH is 3. The van der Waals surface area contributed by atoms with Crippen molar-refractivity contribution in [2.75, 3.05) is 19.0 Å². The third-order valence-electron chi connectivity index (χ3n) is 3.39. The Kier molecular flexibility index (Phi) is 4.04. The van der Waals surface area contributed by atoms with Gasteiger partial charge in [0.25, 0.3) is 0 Å². The molecule has 1 aromatic heterocycles. The molecule has 0 aromatic carbocycles. The van der Waals surface area contributed by atoms with Crippen LogP contribution in [0.4, 0.5) is 10.2 Å². The molecule has 5 N–H and O–H groups in total. The van der Waals surface area contributed by atoms with Gasteiger partial charge in [-0.3, -0.25) is 8.96 Å². The van der Waals surface area contributed by atoms with Crippen molar-refractivity contribution in [2.24, 2.45) is 0 Å². The van der Waals surface area contributed by atoms with Crippen molar-refractivity contribution in [1.82, 2.24) is 9.55 Å². The van der Waals surface area contributed by atoms with Crippen molar-refractivity contribution in [3.63, 3.8) is 0 Å². The zero-order valence-corrected chi connectivity index (χ0v) is 10.5. The Hall–Kier alpha value is -1.55. The largest absolute Gasteiger partial charge is 0.394 e. The van der Waals surface area contributed by atoms with Gasteiger partial charge in [0.2, 0.25) is 0 Å². The van der Waals surface area contributed by atoms with Gasteiger partial charge in [-0.15, -0.1) is 0 Å². The molecular weight excluding hydrogens is 273 g/mol. The van der Waals surface area contributed by atoms with Crippen LogP contribution in [-0.4, -0.2) is 56.5 Å². The van der Waals surface area contributed by atoms with Gasteiger partial charge in [0.15, 0.2) is 5.72 Å². The first kappa shape index (κ1) is 14.9. The Balaban J connectivity index is 2.53. The lowest BCUT2D eigenvalue weighted by molar-refractivity contribution is -0.157. The molecule has 0 radical (unpaired) electrons. The van der Waals surface area contributed by atoms with Gasteiger partial charge in [-0.1, -0.05) is 0 Å². The van der Waals surface area contributed by atoms with Gasteiger partial charge in [0, 0.05) is 12.6 Å². The fourth-order valence-electron chi connectivity index (χ4n) is 2.38. The molecule has 8 nitrogen and oxygen atoms in total. The molecule has 112 valence electrons. The molecule has 0 bridgehead atoms. The normalized spacial score (nSPS) is 33.5. The van der Waals surface area contributed by atoms with E-state index in [0.29, 0.717) is 0 Å². The summed E-state index contributed by atoms with van der Waals surface area (Å²) in [4.78, 5) is 15.4. The molecule has 2 rings (SSSR count). The number of anilines is 1. The van der Waals surface area contributed by atoms with Gasteiger partial charge in [-0.25, -0.2) is 4.79 Å². The molecule has 9 heteroatoms. The van der Waals surface area contributed by atoms with Gasteiger partial charge in [-0.2, -0.15) is 4.98 Å². The molecular formula is C11H16FN3O5. The minimum Gasteiger partial charge on any atom is -0.394 e. The minimum atomic E-state index is -1.82. The lowest BCUT2D eigenvalue weighted by Gasteiger charge is -2.32. The highest BCUT2D eigenvalue weighted by atomic mass is 19.1. The molecule has 0 aliphatic carbocycles. The third kappa shape index (κ3) is 2.18. The molecule has 1 aliphatic rings. The van der Waals surface area contributed by atoms with E-state index in [9.17, 15) is 19.4 Å². The van der Waals surface area contributed by atoms with Crippen molar-refractivity contribution < 1.29 is 24.4 Å². The highest BCUT2D eigenvalue weighted by Crippen LogP contribution is 2.37. The number of hydrogen-bond acceptors (Lipinski definition) is 7. The maximum atomic E-state index is 12.8. The van der Waals surface area contributed by atoms with Crippen LogP contribution in [0.5, 0.6) is 0 Å². The fourth-order valence-corrected chi connectivity index (χ4v) is 2.38. The van der Waals surface area contributed by atoms with E-state index in [1.54, 1.807) is 0 Å². The second-order valence-electron chi connectivity index (χ2n) is 4.56. The van der Waals surface area contributed by atoms with E-state index >= 15 is 0 Å². The van der Waals surface area contributed by atoms with Gasteiger partial charge in [0.05, 0.1) is 13.3 Å². The molecule has 20 heavy (non-hydrogen) atoms. The van der Waals surface area contributed by atoms with Crippen molar-refractivity contribution in [3.05, 3.63) is 22.7 Å². The van der Waals surface area contributed by atoms with Crippen molar-refractivity contribution in [2.45, 2.75) is 30.5 Å². The van der Waals surface area contributed by atoms with E-state index in [-0.39, 0.29) is 12.2 Å². The number of aromatic nitrogens is 2. The molecule has 0 unspecified atom stereocenters. The lowest BCUT2D eigenvalue weighted by atomic mass is 9.99. The molecule has 1 saturated heterocycles. The first-order valence-electron chi connectivity index (χ1n) is 6.02. The number of aliphatic hydroxyl groups is 3. The molecule has 0 amide bonds. The molecule has 1 fully saturated rings. The highest BCUT2D eigenvalue weighted by molar-refractivity contribution is 5.24. The second-order valence-corrected chi connectivity index (χ2v) is 4.56. The average molecular weight is 289 g/mol. The number of nitrogens with two attached hydrogens (primary N) is 1. The predicted octanol–water partition coefficient (Wildman–Crippen LogP) is -2.05. The Morgan fingerprint density at radius 3 is 2.75 bits per heavy atom. The highest BCUT2D eigenvalue weighted by Gasteiger charge is 2.55. The first-order valence-corrected chi connectivity index (χ1v) is 6.02. The predicted molar refractivity (Wildman–Crippen MR) is 65.4 cm³/mol. The zero-order chi connectivity index (χ0) is 14.9. The SMILES string of the molecule is Nc1ccn([C@]2(CCF)O[C@H](CO)[C@@H](O)[C@H]2O)c(=O)n1. The molecule has 1 aliphatic heterocycles. The number of rotatable bonds is 4. The van der Waals surface area contributed by atoms with Crippen LogP contribution >= 0.6 is 0 Å². The summed E-state index contributed by atoms with van der Waals surface area (Å²) in [5.74, 6) is -0.0339. The number of nitrogens with zero attached hydrogens (tertiary/aromatic N) is 2. The van der Waals surface area contributed by atoms with E-state index in [4.69, 9.17) is 15.6 Å². The van der Waals surface area contributed by atoms with Gasteiger partial charge in [0.1, 0.15) is 24.1 Å². The number of alkyl halides is 1. The van der Waals surface area contributed by atoms with Gasteiger partial charge < -0.3 is 25.8 Å². The molecule has 1 aromatic rings. The summed E-state index contributed by atoms with van der Waals surface area (Å²) in [6.07, 6.45) is -3.33. The van der Waals surface area contributed by atoms with Crippen molar-refractivity contribution >= 4 is 5.82 Å². The topological polar surface area (TPSA) is 131 Å². The summed E-state index contributed by atoms with van der Waals surface area (Å²) in [7, 11) is 0. The standard InChI is InChI=1S/C11H16FN3O5/c12-3-2-11(9(18)8(17)6(5-16)20-11)15-4-1-7(13)14-10(15)19/h1,4,6,8-9,16-18H,2-3,5H2,(H2,13,14,19)/t6-,8-,9-,11-/m1/s1. The van der Waals surface area contributed by atoms with E-state index in [1.165, 1.54) is 12.3 Å². The smallest absolute Gasteiger partial charge is 0.351 e. The Labute approximate surface area is 113 Å². The molecule has 0 spiro atoms. The number of nitrogen functional groups attached to an aromatic ring is 1. The van der Waals surface area contributed by atoms with Crippen molar-refractivity contribution in [1.29, 1.82) is 0 Å². The maximum Gasteiger partial charge on any atom is 0.351 e. The maximum absolute atomic E-state index is 12.8. The quantitative estimate of drug-likeness (QED) is 0.502.